The van der Waals surface area contributed by atoms with E-state index < -0.39 is 0 Å². The number of fused-ring (bicyclic) bond motifs is 1. The summed E-state index contributed by atoms with van der Waals surface area (Å²) in [7, 11) is 0. The Morgan fingerprint density at radius 3 is 2.38 bits per heavy atom. The van der Waals surface area contributed by atoms with Crippen molar-refractivity contribution in [3.8, 4) is 22.4 Å². The van der Waals surface area contributed by atoms with Crippen LogP contribution >= 0.6 is 23.2 Å². The van der Waals surface area contributed by atoms with Gasteiger partial charge < -0.3 is 4.90 Å². The van der Waals surface area contributed by atoms with E-state index >= 15 is 0 Å². The number of amides is 1. The van der Waals surface area contributed by atoms with E-state index in [0.717, 1.165) is 22.4 Å². The fourth-order valence-corrected chi connectivity index (χ4v) is 3.62. The molecular formula is C20H17Cl2N3O. The Kier molecular flexibility index (Phi) is 4.25. The lowest BCUT2D eigenvalue weighted by Gasteiger charge is -2.19. The van der Waals surface area contributed by atoms with Gasteiger partial charge in [0.15, 0.2) is 0 Å². The molecule has 3 aromatic rings. The van der Waals surface area contributed by atoms with Gasteiger partial charge in [-0.25, -0.2) is 4.79 Å². The number of hydrogen-bond acceptors (Lipinski definition) is 2. The minimum Gasteiger partial charge on any atom is -0.314 e. The summed E-state index contributed by atoms with van der Waals surface area (Å²) >= 11 is 12.5. The lowest BCUT2D eigenvalue weighted by molar-refractivity contribution is 0.193. The smallest absolute Gasteiger partial charge is 0.314 e. The van der Waals surface area contributed by atoms with Gasteiger partial charge in [-0.1, -0.05) is 53.5 Å². The van der Waals surface area contributed by atoms with Crippen LogP contribution in [-0.2, 0) is 6.54 Å². The van der Waals surface area contributed by atoms with E-state index in [1.165, 1.54) is 4.68 Å². The molecule has 0 fully saturated rings. The van der Waals surface area contributed by atoms with E-state index in [1.54, 1.807) is 4.90 Å². The normalized spacial score (nSPS) is 13.6. The lowest BCUT2D eigenvalue weighted by Crippen LogP contribution is -2.33. The van der Waals surface area contributed by atoms with Crippen LogP contribution in [0.15, 0.2) is 48.5 Å². The Bertz CT molecular complexity index is 993. The van der Waals surface area contributed by atoms with Gasteiger partial charge >= 0.3 is 6.03 Å². The van der Waals surface area contributed by atoms with Crippen molar-refractivity contribution >= 4 is 29.2 Å². The zero-order valence-corrected chi connectivity index (χ0v) is 15.9. The zero-order chi connectivity index (χ0) is 18.4. The number of rotatable bonds is 3. The summed E-state index contributed by atoms with van der Waals surface area (Å²) in [5.74, 6) is 0. The monoisotopic (exact) mass is 385 g/mol. The van der Waals surface area contributed by atoms with E-state index in [9.17, 15) is 4.79 Å². The summed E-state index contributed by atoms with van der Waals surface area (Å²) in [6, 6.07) is 15.1. The summed E-state index contributed by atoms with van der Waals surface area (Å²) in [6.07, 6.45) is 0. The number of carbonyl (C=O) groups is 1. The molecule has 26 heavy (non-hydrogen) atoms. The van der Waals surface area contributed by atoms with Gasteiger partial charge in [-0.05, 0) is 37.6 Å². The Hall–Kier alpha value is -2.30. The van der Waals surface area contributed by atoms with Gasteiger partial charge in [0.05, 0.1) is 17.3 Å². The molecule has 2 heterocycles. The second-order valence-corrected chi connectivity index (χ2v) is 7.42. The summed E-state index contributed by atoms with van der Waals surface area (Å²) in [4.78, 5) is 14.6. The van der Waals surface area contributed by atoms with Crippen molar-refractivity contribution in [1.29, 1.82) is 0 Å². The molecule has 0 unspecified atom stereocenters. The van der Waals surface area contributed by atoms with Crippen LogP contribution < -0.4 is 0 Å². The summed E-state index contributed by atoms with van der Waals surface area (Å²) in [6.45, 7) is 4.52. The predicted molar refractivity (Wildman–Crippen MR) is 105 cm³/mol. The number of aromatic nitrogens is 2. The Morgan fingerprint density at radius 1 is 1.04 bits per heavy atom. The molecule has 2 aromatic carbocycles. The van der Waals surface area contributed by atoms with Crippen LogP contribution in [0.1, 0.15) is 19.5 Å². The van der Waals surface area contributed by atoms with E-state index in [0.29, 0.717) is 22.3 Å². The zero-order valence-electron chi connectivity index (χ0n) is 14.4. The van der Waals surface area contributed by atoms with Gasteiger partial charge in [0.1, 0.15) is 5.69 Å². The van der Waals surface area contributed by atoms with Crippen molar-refractivity contribution in [2.24, 2.45) is 0 Å². The minimum absolute atomic E-state index is 0.103. The third-order valence-corrected chi connectivity index (χ3v) is 5.19. The number of benzene rings is 2. The quantitative estimate of drug-likeness (QED) is 0.578. The molecule has 0 saturated heterocycles. The first-order valence-corrected chi connectivity index (χ1v) is 9.16. The van der Waals surface area contributed by atoms with Gasteiger partial charge in [0.25, 0.3) is 0 Å². The number of hydrogen-bond donors (Lipinski definition) is 0. The number of nitrogens with zero attached hydrogens (tertiary/aromatic N) is 3. The average molecular weight is 386 g/mol. The van der Waals surface area contributed by atoms with E-state index in [-0.39, 0.29) is 12.1 Å². The van der Waals surface area contributed by atoms with Crippen molar-refractivity contribution in [3.63, 3.8) is 0 Å². The molecule has 1 aliphatic heterocycles. The van der Waals surface area contributed by atoms with Crippen LogP contribution in [0.3, 0.4) is 0 Å². The molecule has 0 N–H and O–H groups in total. The molecule has 6 heteroatoms. The summed E-state index contributed by atoms with van der Waals surface area (Å²) in [5, 5.41) is 5.91. The van der Waals surface area contributed by atoms with Crippen LogP contribution in [0.5, 0.6) is 0 Å². The summed E-state index contributed by atoms with van der Waals surface area (Å²) < 4.78 is 1.50. The van der Waals surface area contributed by atoms with Gasteiger partial charge in [-0.15, -0.1) is 0 Å². The van der Waals surface area contributed by atoms with Crippen molar-refractivity contribution in [2.75, 3.05) is 0 Å². The molecule has 0 atom stereocenters. The van der Waals surface area contributed by atoms with Gasteiger partial charge in [0, 0.05) is 22.2 Å². The first-order valence-electron chi connectivity index (χ1n) is 8.41. The molecule has 1 aromatic heterocycles. The Balaban J connectivity index is 1.96. The maximum Gasteiger partial charge on any atom is 0.345 e. The standard InChI is InChI=1S/C20H17Cl2N3O/c1-12(2)24-11-17-18(13-7-9-14(21)10-8-13)19(23-25(17)20(24)26)15-5-3-4-6-16(15)22/h3-10,12H,11H2,1-2H3. The number of halogens is 2. The summed E-state index contributed by atoms with van der Waals surface area (Å²) in [5.41, 5.74) is 4.28. The molecular weight excluding hydrogens is 369 g/mol. The Labute approximate surface area is 161 Å². The predicted octanol–water partition coefficient (Wildman–Crippen LogP) is 5.72. The largest absolute Gasteiger partial charge is 0.345 e. The highest BCUT2D eigenvalue weighted by atomic mass is 35.5. The van der Waals surface area contributed by atoms with Crippen LogP contribution in [0.2, 0.25) is 10.0 Å². The SMILES string of the molecule is CC(C)N1Cc2c(-c3ccc(Cl)cc3)c(-c3ccccc3Cl)nn2C1=O. The number of carbonyl (C=O) groups excluding carboxylic acids is 1. The van der Waals surface area contributed by atoms with Gasteiger partial charge in [-0.2, -0.15) is 9.78 Å². The van der Waals surface area contributed by atoms with Crippen LogP contribution in [0, 0.1) is 0 Å². The highest BCUT2D eigenvalue weighted by Crippen LogP contribution is 2.40. The lowest BCUT2D eigenvalue weighted by atomic mass is 9.98. The molecule has 0 saturated carbocycles. The molecule has 132 valence electrons. The minimum atomic E-state index is -0.108. The van der Waals surface area contributed by atoms with E-state index in [1.807, 2.05) is 62.4 Å². The first-order chi connectivity index (χ1) is 12.5. The maximum absolute atomic E-state index is 12.8. The van der Waals surface area contributed by atoms with Crippen molar-refractivity contribution < 1.29 is 4.79 Å². The second-order valence-electron chi connectivity index (χ2n) is 6.57. The highest BCUT2D eigenvalue weighted by Gasteiger charge is 2.35. The molecule has 4 nitrogen and oxygen atoms in total. The van der Waals surface area contributed by atoms with Crippen molar-refractivity contribution in [3.05, 3.63) is 64.3 Å². The van der Waals surface area contributed by atoms with E-state index in [4.69, 9.17) is 23.2 Å². The van der Waals surface area contributed by atoms with E-state index in [2.05, 4.69) is 5.10 Å². The average Bonchev–Trinajstić information content (AvgIpc) is 3.13. The molecule has 0 radical (unpaired) electrons. The van der Waals surface area contributed by atoms with Gasteiger partial charge in [-0.3, -0.25) is 0 Å². The third kappa shape index (κ3) is 2.70. The van der Waals surface area contributed by atoms with Crippen molar-refractivity contribution in [1.82, 2.24) is 14.7 Å². The van der Waals surface area contributed by atoms with Crippen LogP contribution in [-0.4, -0.2) is 26.8 Å². The second kappa shape index (κ2) is 6.45. The maximum atomic E-state index is 12.8. The third-order valence-electron chi connectivity index (χ3n) is 4.61. The highest BCUT2D eigenvalue weighted by molar-refractivity contribution is 6.33. The topological polar surface area (TPSA) is 38.1 Å². The van der Waals surface area contributed by atoms with Crippen molar-refractivity contribution in [2.45, 2.75) is 26.4 Å². The van der Waals surface area contributed by atoms with Crippen LogP contribution in [0.4, 0.5) is 4.79 Å². The molecule has 0 spiro atoms. The fraction of sp³-hybridized carbons (Fsp3) is 0.200. The van der Waals surface area contributed by atoms with Gasteiger partial charge in [0.2, 0.25) is 0 Å². The fourth-order valence-electron chi connectivity index (χ4n) is 3.27. The molecule has 0 aliphatic carbocycles. The molecule has 1 aliphatic rings. The first kappa shape index (κ1) is 17.1. The molecule has 0 bridgehead atoms. The molecule has 1 amide bonds. The Morgan fingerprint density at radius 2 is 1.73 bits per heavy atom. The van der Waals surface area contributed by atoms with Crippen LogP contribution in [0.25, 0.3) is 22.4 Å². The molecule has 4 rings (SSSR count).